The van der Waals surface area contributed by atoms with Crippen molar-refractivity contribution in [2.24, 2.45) is 13.0 Å². The highest BCUT2D eigenvalue weighted by Gasteiger charge is 2.23. The molecule has 1 fully saturated rings. The summed E-state index contributed by atoms with van der Waals surface area (Å²) in [5.74, 6) is 1.19. The molecule has 0 bridgehead atoms. The summed E-state index contributed by atoms with van der Waals surface area (Å²) in [5, 5.41) is 17.0. The minimum absolute atomic E-state index is 0.0859. The van der Waals surface area contributed by atoms with Gasteiger partial charge in [-0.2, -0.15) is 5.10 Å². The molecule has 0 radical (unpaired) electrons. The summed E-state index contributed by atoms with van der Waals surface area (Å²) >= 11 is 0. The SMILES string of the molecule is CC(C)C(O)CC(=O)Nc1cc(C2CCC2)nn1C. The van der Waals surface area contributed by atoms with E-state index in [2.05, 4.69) is 10.4 Å². The highest BCUT2D eigenvalue weighted by Crippen LogP contribution is 2.36. The number of amides is 1. The van der Waals surface area contributed by atoms with Crippen molar-refractivity contribution in [1.29, 1.82) is 0 Å². The van der Waals surface area contributed by atoms with Gasteiger partial charge in [0.15, 0.2) is 0 Å². The lowest BCUT2D eigenvalue weighted by molar-refractivity contribution is -0.118. The first-order valence-electron chi connectivity index (χ1n) is 6.99. The van der Waals surface area contributed by atoms with Crippen molar-refractivity contribution in [3.8, 4) is 0 Å². The molecule has 1 amide bonds. The zero-order valence-corrected chi connectivity index (χ0v) is 11.9. The van der Waals surface area contributed by atoms with E-state index < -0.39 is 6.10 Å². The summed E-state index contributed by atoms with van der Waals surface area (Å²) < 4.78 is 1.70. The normalized spacial score (nSPS) is 17.3. The lowest BCUT2D eigenvalue weighted by atomic mass is 9.83. The van der Waals surface area contributed by atoms with Crippen LogP contribution in [0, 0.1) is 5.92 Å². The van der Waals surface area contributed by atoms with Crippen molar-refractivity contribution in [1.82, 2.24) is 9.78 Å². The predicted octanol–water partition coefficient (Wildman–Crippen LogP) is 2.03. The number of anilines is 1. The van der Waals surface area contributed by atoms with Gasteiger partial charge in [0.2, 0.25) is 5.91 Å². The molecular weight excluding hydrogens is 242 g/mol. The number of carbonyl (C=O) groups is 1. The number of aryl methyl sites for hydroxylation is 1. The number of aliphatic hydroxyl groups is 1. The zero-order valence-electron chi connectivity index (χ0n) is 11.9. The molecule has 1 heterocycles. The Morgan fingerprint density at radius 3 is 2.79 bits per heavy atom. The molecule has 1 aromatic heterocycles. The molecule has 19 heavy (non-hydrogen) atoms. The van der Waals surface area contributed by atoms with Crippen molar-refractivity contribution < 1.29 is 9.90 Å². The smallest absolute Gasteiger partial charge is 0.228 e. The van der Waals surface area contributed by atoms with Crippen LogP contribution < -0.4 is 5.32 Å². The fourth-order valence-electron chi connectivity index (χ4n) is 2.13. The second-order valence-corrected chi connectivity index (χ2v) is 5.77. The van der Waals surface area contributed by atoms with E-state index in [4.69, 9.17) is 0 Å². The number of carbonyl (C=O) groups excluding carboxylic acids is 1. The van der Waals surface area contributed by atoms with Gasteiger partial charge in [0.25, 0.3) is 0 Å². The Morgan fingerprint density at radius 2 is 2.26 bits per heavy atom. The van der Waals surface area contributed by atoms with Crippen LogP contribution in [0.15, 0.2) is 6.07 Å². The van der Waals surface area contributed by atoms with E-state index in [0.717, 1.165) is 5.69 Å². The third kappa shape index (κ3) is 3.35. The van der Waals surface area contributed by atoms with Crippen molar-refractivity contribution >= 4 is 11.7 Å². The van der Waals surface area contributed by atoms with E-state index in [-0.39, 0.29) is 18.2 Å². The molecule has 1 atom stereocenters. The van der Waals surface area contributed by atoms with Gasteiger partial charge in [-0.3, -0.25) is 9.48 Å². The average Bonchev–Trinajstić information content (AvgIpc) is 2.56. The van der Waals surface area contributed by atoms with Crippen LogP contribution >= 0.6 is 0 Å². The van der Waals surface area contributed by atoms with Crippen LogP contribution in [-0.4, -0.2) is 26.9 Å². The maximum absolute atomic E-state index is 11.8. The van der Waals surface area contributed by atoms with Crippen molar-refractivity contribution in [3.63, 3.8) is 0 Å². The minimum Gasteiger partial charge on any atom is -0.392 e. The van der Waals surface area contributed by atoms with E-state index in [0.29, 0.717) is 11.7 Å². The molecule has 0 saturated heterocycles. The molecule has 106 valence electrons. The molecule has 0 aromatic carbocycles. The Bertz CT molecular complexity index is 450. The molecule has 2 N–H and O–H groups in total. The molecule has 0 spiro atoms. The first kappa shape index (κ1) is 14.1. The largest absolute Gasteiger partial charge is 0.392 e. The molecule has 1 aliphatic rings. The molecular formula is C14H23N3O2. The van der Waals surface area contributed by atoms with Gasteiger partial charge < -0.3 is 10.4 Å². The van der Waals surface area contributed by atoms with Crippen LogP contribution in [0.5, 0.6) is 0 Å². The number of nitrogens with zero attached hydrogens (tertiary/aromatic N) is 2. The maximum atomic E-state index is 11.8. The molecule has 0 aliphatic heterocycles. The van der Waals surface area contributed by atoms with Crippen LogP contribution in [0.3, 0.4) is 0 Å². The summed E-state index contributed by atoms with van der Waals surface area (Å²) in [5.41, 5.74) is 1.06. The first-order valence-corrected chi connectivity index (χ1v) is 6.99. The number of rotatable bonds is 5. The molecule has 5 nitrogen and oxygen atoms in total. The summed E-state index contributed by atoms with van der Waals surface area (Å²) in [4.78, 5) is 11.8. The fourth-order valence-corrected chi connectivity index (χ4v) is 2.13. The van der Waals surface area contributed by atoms with Crippen LogP contribution in [0.4, 0.5) is 5.82 Å². The summed E-state index contributed by atoms with van der Waals surface area (Å²) in [7, 11) is 1.83. The first-order chi connectivity index (χ1) is 8.97. The Morgan fingerprint density at radius 1 is 1.58 bits per heavy atom. The Kier molecular flexibility index (Phi) is 4.24. The van der Waals surface area contributed by atoms with E-state index in [1.54, 1.807) is 4.68 Å². The van der Waals surface area contributed by atoms with Gasteiger partial charge in [-0.15, -0.1) is 0 Å². The average molecular weight is 265 g/mol. The standard InChI is InChI=1S/C14H23N3O2/c1-9(2)12(18)8-14(19)15-13-7-11(16-17(13)3)10-5-4-6-10/h7,9-10,12,18H,4-6,8H2,1-3H3,(H,15,19). The highest BCUT2D eigenvalue weighted by atomic mass is 16.3. The van der Waals surface area contributed by atoms with Gasteiger partial charge in [-0.25, -0.2) is 0 Å². The molecule has 1 unspecified atom stereocenters. The van der Waals surface area contributed by atoms with Gasteiger partial charge >= 0.3 is 0 Å². The lowest BCUT2D eigenvalue weighted by Crippen LogP contribution is -2.24. The molecule has 1 aromatic rings. The van der Waals surface area contributed by atoms with Gasteiger partial charge in [-0.05, 0) is 18.8 Å². The Labute approximate surface area is 114 Å². The Balaban J connectivity index is 1.94. The number of aromatic nitrogens is 2. The second-order valence-electron chi connectivity index (χ2n) is 5.77. The van der Waals surface area contributed by atoms with Crippen LogP contribution in [0.2, 0.25) is 0 Å². The van der Waals surface area contributed by atoms with Gasteiger partial charge in [0, 0.05) is 19.0 Å². The minimum atomic E-state index is -0.598. The van der Waals surface area contributed by atoms with E-state index in [1.807, 2.05) is 27.0 Å². The van der Waals surface area contributed by atoms with Crippen LogP contribution in [0.1, 0.15) is 51.1 Å². The number of aliphatic hydroxyl groups excluding tert-OH is 1. The number of hydrogen-bond donors (Lipinski definition) is 2. The van der Waals surface area contributed by atoms with Crippen molar-refractivity contribution in [2.45, 2.75) is 51.6 Å². The fraction of sp³-hybridized carbons (Fsp3) is 0.714. The lowest BCUT2D eigenvalue weighted by Gasteiger charge is -2.22. The van der Waals surface area contributed by atoms with Crippen molar-refractivity contribution in [2.75, 3.05) is 5.32 Å². The van der Waals surface area contributed by atoms with Gasteiger partial charge in [-0.1, -0.05) is 20.3 Å². The molecule has 5 heteroatoms. The zero-order chi connectivity index (χ0) is 14.0. The third-order valence-corrected chi connectivity index (χ3v) is 3.85. The highest BCUT2D eigenvalue weighted by molar-refractivity contribution is 5.90. The second kappa shape index (κ2) is 5.74. The van der Waals surface area contributed by atoms with Gasteiger partial charge in [0.05, 0.1) is 18.2 Å². The van der Waals surface area contributed by atoms with E-state index in [1.165, 1.54) is 19.3 Å². The third-order valence-electron chi connectivity index (χ3n) is 3.85. The summed E-state index contributed by atoms with van der Waals surface area (Å²) in [6.45, 7) is 3.80. The van der Waals surface area contributed by atoms with E-state index >= 15 is 0 Å². The van der Waals surface area contributed by atoms with Gasteiger partial charge in [0.1, 0.15) is 5.82 Å². The summed E-state index contributed by atoms with van der Waals surface area (Å²) in [6, 6.07) is 1.95. The quantitative estimate of drug-likeness (QED) is 0.856. The monoisotopic (exact) mass is 265 g/mol. The van der Waals surface area contributed by atoms with Crippen LogP contribution in [-0.2, 0) is 11.8 Å². The Hall–Kier alpha value is -1.36. The maximum Gasteiger partial charge on any atom is 0.228 e. The number of nitrogens with one attached hydrogen (secondary N) is 1. The van der Waals surface area contributed by atoms with Crippen LogP contribution in [0.25, 0.3) is 0 Å². The number of hydrogen-bond acceptors (Lipinski definition) is 3. The summed E-state index contributed by atoms with van der Waals surface area (Å²) in [6.07, 6.45) is 3.18. The molecule has 2 rings (SSSR count). The molecule has 1 aliphatic carbocycles. The van der Waals surface area contributed by atoms with Crippen molar-refractivity contribution in [3.05, 3.63) is 11.8 Å². The molecule has 1 saturated carbocycles. The predicted molar refractivity (Wildman–Crippen MR) is 73.9 cm³/mol. The van der Waals surface area contributed by atoms with E-state index in [9.17, 15) is 9.90 Å². The topological polar surface area (TPSA) is 67.2 Å².